The highest BCUT2D eigenvalue weighted by molar-refractivity contribution is 7.98. The number of hydrogen-bond donors (Lipinski definition) is 1. The van der Waals surface area contributed by atoms with Crippen LogP contribution in [-0.2, 0) is 17.0 Å². The van der Waals surface area contributed by atoms with Crippen molar-refractivity contribution in [3.05, 3.63) is 41.8 Å². The molecule has 1 N–H and O–H groups in total. The highest BCUT2D eigenvalue weighted by atomic mass is 32.2. The van der Waals surface area contributed by atoms with Crippen LogP contribution in [0.25, 0.3) is 5.69 Å². The Morgan fingerprint density at radius 2 is 2.19 bits per heavy atom. The minimum atomic E-state index is -0.113. The lowest BCUT2D eigenvalue weighted by atomic mass is 10.2. The van der Waals surface area contributed by atoms with E-state index in [1.807, 2.05) is 35.8 Å². The average molecular weight is 386 g/mol. The van der Waals surface area contributed by atoms with E-state index < -0.39 is 0 Å². The molecule has 0 aliphatic rings. The summed E-state index contributed by atoms with van der Waals surface area (Å²) in [5.41, 5.74) is 1.60. The molecule has 1 aromatic carbocycles. The maximum atomic E-state index is 11.3. The van der Waals surface area contributed by atoms with Gasteiger partial charge in [-0.2, -0.15) is 4.98 Å². The lowest BCUT2D eigenvalue weighted by Gasteiger charge is -2.10. The minimum absolute atomic E-state index is 0.113. The first-order valence-corrected chi connectivity index (χ1v) is 9.79. The van der Waals surface area contributed by atoms with Gasteiger partial charge in [0.15, 0.2) is 11.0 Å². The molecule has 0 aliphatic heterocycles. The van der Waals surface area contributed by atoms with Crippen LogP contribution in [-0.4, -0.2) is 30.8 Å². The number of aromatic nitrogens is 5. The Bertz CT molecular complexity index is 920. The lowest BCUT2D eigenvalue weighted by molar-refractivity contribution is -0.114. The molecule has 0 atom stereocenters. The smallest absolute Gasteiger partial charge is 0.237 e. The van der Waals surface area contributed by atoms with Gasteiger partial charge in [0.05, 0.1) is 11.4 Å². The van der Waals surface area contributed by atoms with Crippen molar-refractivity contribution < 1.29 is 9.32 Å². The second kappa shape index (κ2) is 8.81. The van der Waals surface area contributed by atoms with Gasteiger partial charge in [0.2, 0.25) is 11.8 Å². The molecule has 2 aromatic heterocycles. The third-order valence-corrected chi connectivity index (χ3v) is 4.72. The van der Waals surface area contributed by atoms with E-state index in [1.165, 1.54) is 18.7 Å². The quantitative estimate of drug-likeness (QED) is 0.591. The molecule has 0 unspecified atom stereocenters. The molecular formula is C18H22N6O2S. The van der Waals surface area contributed by atoms with Crippen molar-refractivity contribution >= 4 is 23.4 Å². The summed E-state index contributed by atoms with van der Waals surface area (Å²) in [4.78, 5) is 15.7. The van der Waals surface area contributed by atoms with Crippen LogP contribution in [0.3, 0.4) is 0 Å². The van der Waals surface area contributed by atoms with Crippen LogP contribution in [0.2, 0.25) is 0 Å². The fourth-order valence-electron chi connectivity index (χ4n) is 2.57. The first kappa shape index (κ1) is 19.1. The maximum Gasteiger partial charge on any atom is 0.237 e. The van der Waals surface area contributed by atoms with Crippen molar-refractivity contribution in [2.75, 3.05) is 5.32 Å². The van der Waals surface area contributed by atoms with Crippen LogP contribution >= 0.6 is 11.8 Å². The molecule has 3 aromatic rings. The summed E-state index contributed by atoms with van der Waals surface area (Å²) in [5, 5.41) is 16.0. The minimum Gasteiger partial charge on any atom is -0.338 e. The van der Waals surface area contributed by atoms with Crippen molar-refractivity contribution in [2.45, 2.75) is 50.9 Å². The van der Waals surface area contributed by atoms with Crippen molar-refractivity contribution in [2.24, 2.45) is 0 Å². The Hall–Kier alpha value is -2.68. The van der Waals surface area contributed by atoms with Crippen LogP contribution in [0.1, 0.15) is 44.2 Å². The van der Waals surface area contributed by atoms with Gasteiger partial charge < -0.3 is 9.84 Å². The van der Waals surface area contributed by atoms with E-state index in [9.17, 15) is 4.79 Å². The van der Waals surface area contributed by atoms with Crippen LogP contribution in [0.5, 0.6) is 0 Å². The Kier molecular flexibility index (Phi) is 6.23. The number of carbonyl (C=O) groups excluding carboxylic acids is 1. The number of hydrogen-bond acceptors (Lipinski definition) is 7. The van der Waals surface area contributed by atoms with Gasteiger partial charge in [-0.25, -0.2) is 0 Å². The predicted octanol–water partition coefficient (Wildman–Crippen LogP) is 3.55. The number of benzene rings is 1. The van der Waals surface area contributed by atoms with E-state index in [-0.39, 0.29) is 5.91 Å². The van der Waals surface area contributed by atoms with Crippen LogP contribution in [0, 0.1) is 6.92 Å². The van der Waals surface area contributed by atoms with Gasteiger partial charge in [-0.1, -0.05) is 36.3 Å². The predicted molar refractivity (Wildman–Crippen MR) is 103 cm³/mol. The molecule has 0 spiro atoms. The molecule has 0 saturated carbocycles. The summed E-state index contributed by atoms with van der Waals surface area (Å²) < 4.78 is 7.25. The van der Waals surface area contributed by atoms with Gasteiger partial charge in [-0.3, -0.25) is 9.36 Å². The molecule has 1 amide bonds. The second-order valence-corrected chi connectivity index (χ2v) is 7.04. The average Bonchev–Trinajstić information content (AvgIpc) is 3.24. The zero-order valence-corrected chi connectivity index (χ0v) is 16.4. The van der Waals surface area contributed by atoms with Crippen LogP contribution in [0.15, 0.2) is 33.9 Å². The third kappa shape index (κ3) is 4.94. The highest BCUT2D eigenvalue weighted by Gasteiger charge is 2.14. The third-order valence-electron chi connectivity index (χ3n) is 3.81. The van der Waals surface area contributed by atoms with Crippen molar-refractivity contribution in [1.29, 1.82) is 0 Å². The van der Waals surface area contributed by atoms with Gasteiger partial charge >= 0.3 is 0 Å². The van der Waals surface area contributed by atoms with E-state index in [0.29, 0.717) is 11.6 Å². The van der Waals surface area contributed by atoms with E-state index in [2.05, 4.69) is 32.6 Å². The van der Waals surface area contributed by atoms with Gasteiger partial charge in [0.25, 0.3) is 0 Å². The molecule has 3 rings (SSSR count). The standard InChI is InChI=1S/C18H22N6O2S/c1-4-5-9-16-20-17(26-23-16)11-27-18-22-21-12(2)24(18)15-8-6-7-14(10-15)19-13(3)25/h6-8,10H,4-5,9,11H2,1-3H3,(H,19,25). The van der Waals surface area contributed by atoms with E-state index in [4.69, 9.17) is 4.52 Å². The number of nitrogens with one attached hydrogen (secondary N) is 1. The SMILES string of the molecule is CCCCc1noc(CSc2nnc(C)n2-c2cccc(NC(C)=O)c2)n1. The van der Waals surface area contributed by atoms with Gasteiger partial charge in [0, 0.05) is 19.0 Å². The summed E-state index contributed by atoms with van der Waals surface area (Å²) >= 11 is 1.48. The number of rotatable bonds is 8. The molecule has 0 fully saturated rings. The Morgan fingerprint density at radius 1 is 1.33 bits per heavy atom. The molecular weight excluding hydrogens is 364 g/mol. The molecule has 2 heterocycles. The Balaban J connectivity index is 1.75. The summed E-state index contributed by atoms with van der Waals surface area (Å²) in [5.74, 6) is 2.48. The zero-order valence-electron chi connectivity index (χ0n) is 15.6. The molecule has 0 saturated heterocycles. The summed E-state index contributed by atoms with van der Waals surface area (Å²) in [6.07, 6.45) is 2.97. The normalized spacial score (nSPS) is 10.9. The first-order valence-electron chi connectivity index (χ1n) is 8.81. The topological polar surface area (TPSA) is 98.7 Å². The summed E-state index contributed by atoms with van der Waals surface area (Å²) in [7, 11) is 0. The largest absolute Gasteiger partial charge is 0.338 e. The zero-order chi connectivity index (χ0) is 19.2. The van der Waals surface area contributed by atoms with Crippen molar-refractivity contribution in [3.8, 4) is 5.69 Å². The van der Waals surface area contributed by atoms with E-state index in [1.54, 1.807) is 0 Å². The number of anilines is 1. The summed E-state index contributed by atoms with van der Waals surface area (Å²) in [6.45, 7) is 5.50. The number of thioether (sulfide) groups is 1. The molecule has 0 aliphatic carbocycles. The summed E-state index contributed by atoms with van der Waals surface area (Å²) in [6, 6.07) is 7.55. The van der Waals surface area contributed by atoms with Crippen LogP contribution in [0.4, 0.5) is 5.69 Å². The Labute approximate surface area is 161 Å². The van der Waals surface area contributed by atoms with Crippen LogP contribution < -0.4 is 5.32 Å². The fourth-order valence-corrected chi connectivity index (χ4v) is 3.41. The number of unbranched alkanes of at least 4 members (excludes halogenated alkanes) is 1. The lowest BCUT2D eigenvalue weighted by Crippen LogP contribution is -2.07. The molecule has 0 bridgehead atoms. The number of nitrogens with zero attached hydrogens (tertiary/aromatic N) is 5. The van der Waals surface area contributed by atoms with E-state index in [0.717, 1.165) is 47.4 Å². The number of aryl methyl sites for hydroxylation is 2. The number of amides is 1. The van der Waals surface area contributed by atoms with Crippen molar-refractivity contribution in [1.82, 2.24) is 24.9 Å². The monoisotopic (exact) mass is 386 g/mol. The van der Waals surface area contributed by atoms with Gasteiger partial charge in [0.1, 0.15) is 5.82 Å². The molecule has 27 heavy (non-hydrogen) atoms. The fraction of sp³-hybridized carbons (Fsp3) is 0.389. The molecule has 8 nitrogen and oxygen atoms in total. The number of carbonyl (C=O) groups is 1. The van der Waals surface area contributed by atoms with Crippen molar-refractivity contribution in [3.63, 3.8) is 0 Å². The molecule has 142 valence electrons. The second-order valence-electron chi connectivity index (χ2n) is 6.09. The van der Waals surface area contributed by atoms with Gasteiger partial charge in [-0.15, -0.1) is 10.2 Å². The van der Waals surface area contributed by atoms with Gasteiger partial charge in [-0.05, 0) is 31.5 Å². The van der Waals surface area contributed by atoms with E-state index >= 15 is 0 Å². The highest BCUT2D eigenvalue weighted by Crippen LogP contribution is 2.26. The first-order chi connectivity index (χ1) is 13.1. The molecule has 0 radical (unpaired) electrons. The Morgan fingerprint density at radius 3 is 2.96 bits per heavy atom. The molecule has 9 heteroatoms. The maximum absolute atomic E-state index is 11.3.